The van der Waals surface area contributed by atoms with Gasteiger partial charge in [-0.1, -0.05) is 47.5 Å². The van der Waals surface area contributed by atoms with Gasteiger partial charge in [0, 0.05) is 11.2 Å². The summed E-state index contributed by atoms with van der Waals surface area (Å²) < 4.78 is 0. The molecule has 0 aliphatic rings. The number of hydrogen-bond acceptors (Lipinski definition) is 1. The van der Waals surface area contributed by atoms with Crippen LogP contribution in [0.2, 0.25) is 5.02 Å². The molecule has 0 bridgehead atoms. The summed E-state index contributed by atoms with van der Waals surface area (Å²) in [6.07, 6.45) is 1.86. The summed E-state index contributed by atoms with van der Waals surface area (Å²) >= 11 is 5.95. The molecule has 0 heterocycles. The van der Waals surface area contributed by atoms with Crippen LogP contribution < -0.4 is 0 Å². The van der Waals surface area contributed by atoms with Crippen LogP contribution in [0, 0.1) is 13.8 Å². The second-order valence-corrected chi connectivity index (χ2v) is 4.54. The Kier molecular flexibility index (Phi) is 3.60. The predicted octanol–water partition coefficient (Wildman–Crippen LogP) is 4.71. The molecule has 0 aromatic heterocycles. The van der Waals surface area contributed by atoms with E-state index < -0.39 is 0 Å². The first-order valence-corrected chi connectivity index (χ1v) is 5.90. The molecule has 0 unspecified atom stereocenters. The minimum atomic E-state index is 0.714. The lowest BCUT2D eigenvalue weighted by atomic mass is 10.1. The minimum Gasteiger partial charge on any atom is -0.256 e. The van der Waals surface area contributed by atoms with Gasteiger partial charge in [-0.05, 0) is 37.1 Å². The van der Waals surface area contributed by atoms with Crippen molar-refractivity contribution in [3.05, 3.63) is 64.2 Å². The predicted molar refractivity (Wildman–Crippen MR) is 74.6 cm³/mol. The number of rotatable bonds is 2. The van der Waals surface area contributed by atoms with Crippen LogP contribution in [0.5, 0.6) is 0 Å². The number of aryl methyl sites for hydroxylation is 2. The maximum Gasteiger partial charge on any atom is 0.0673 e. The van der Waals surface area contributed by atoms with Crippen LogP contribution in [-0.4, -0.2) is 6.21 Å². The molecule has 0 atom stereocenters. The summed E-state index contributed by atoms with van der Waals surface area (Å²) in [5.41, 5.74) is 4.38. The Labute approximate surface area is 107 Å². The molecular formula is C15H14ClN. The van der Waals surface area contributed by atoms with E-state index in [-0.39, 0.29) is 0 Å². The van der Waals surface area contributed by atoms with Gasteiger partial charge in [0.25, 0.3) is 0 Å². The van der Waals surface area contributed by atoms with Crippen molar-refractivity contribution in [1.82, 2.24) is 0 Å². The average molecular weight is 244 g/mol. The van der Waals surface area contributed by atoms with Crippen LogP contribution >= 0.6 is 11.6 Å². The lowest BCUT2D eigenvalue weighted by molar-refractivity contribution is 1.40. The lowest BCUT2D eigenvalue weighted by Gasteiger charge is -2.00. The Morgan fingerprint density at radius 3 is 2.41 bits per heavy atom. The molecule has 0 N–H and O–H groups in total. The zero-order valence-electron chi connectivity index (χ0n) is 9.94. The van der Waals surface area contributed by atoms with E-state index in [0.29, 0.717) is 5.02 Å². The third-order valence-electron chi connectivity index (χ3n) is 2.60. The van der Waals surface area contributed by atoms with Crippen molar-refractivity contribution < 1.29 is 0 Å². The molecule has 2 aromatic carbocycles. The standard InChI is InChI=1S/C15H14ClN/c1-11-3-6-13(7-4-11)10-17-15-9-14(16)8-5-12(15)2/h3-10H,1-2H3. The molecule has 0 radical (unpaired) electrons. The summed E-state index contributed by atoms with van der Waals surface area (Å²) in [6.45, 7) is 4.10. The van der Waals surface area contributed by atoms with Crippen LogP contribution in [-0.2, 0) is 0 Å². The number of nitrogens with zero attached hydrogens (tertiary/aromatic N) is 1. The fourth-order valence-electron chi connectivity index (χ4n) is 1.52. The Morgan fingerprint density at radius 1 is 1.00 bits per heavy atom. The van der Waals surface area contributed by atoms with Gasteiger partial charge in [0.15, 0.2) is 0 Å². The number of hydrogen-bond donors (Lipinski definition) is 0. The normalized spacial score (nSPS) is 11.0. The second kappa shape index (κ2) is 5.15. The smallest absolute Gasteiger partial charge is 0.0673 e. The van der Waals surface area contributed by atoms with E-state index >= 15 is 0 Å². The van der Waals surface area contributed by atoms with E-state index in [1.54, 1.807) is 0 Å². The largest absolute Gasteiger partial charge is 0.256 e. The van der Waals surface area contributed by atoms with E-state index in [0.717, 1.165) is 16.8 Å². The van der Waals surface area contributed by atoms with Gasteiger partial charge in [-0.2, -0.15) is 0 Å². The van der Waals surface area contributed by atoms with Gasteiger partial charge in [0.2, 0.25) is 0 Å². The van der Waals surface area contributed by atoms with Crippen molar-refractivity contribution in [3.8, 4) is 0 Å². The highest BCUT2D eigenvalue weighted by Crippen LogP contribution is 2.22. The first kappa shape index (κ1) is 11.9. The molecule has 0 saturated carbocycles. The quantitative estimate of drug-likeness (QED) is 0.678. The Hall–Kier alpha value is -1.60. The van der Waals surface area contributed by atoms with Crippen molar-refractivity contribution in [2.45, 2.75) is 13.8 Å². The Bertz CT molecular complexity index is 541. The molecule has 2 aromatic rings. The molecule has 17 heavy (non-hydrogen) atoms. The molecule has 0 fully saturated rings. The SMILES string of the molecule is Cc1ccc(C=Nc2cc(Cl)ccc2C)cc1. The second-order valence-electron chi connectivity index (χ2n) is 4.10. The maximum absolute atomic E-state index is 5.95. The van der Waals surface area contributed by atoms with Gasteiger partial charge >= 0.3 is 0 Å². The highest BCUT2D eigenvalue weighted by Gasteiger charge is 1.96. The average Bonchev–Trinajstić information content (AvgIpc) is 2.32. The van der Waals surface area contributed by atoms with Crippen molar-refractivity contribution in [2.24, 2.45) is 4.99 Å². The minimum absolute atomic E-state index is 0.714. The highest BCUT2D eigenvalue weighted by molar-refractivity contribution is 6.30. The summed E-state index contributed by atoms with van der Waals surface area (Å²) in [5.74, 6) is 0. The fraction of sp³-hybridized carbons (Fsp3) is 0.133. The van der Waals surface area contributed by atoms with Crippen molar-refractivity contribution in [2.75, 3.05) is 0 Å². The van der Waals surface area contributed by atoms with Crippen LogP contribution in [0.4, 0.5) is 5.69 Å². The van der Waals surface area contributed by atoms with E-state index in [1.165, 1.54) is 5.56 Å². The topological polar surface area (TPSA) is 12.4 Å². The van der Waals surface area contributed by atoms with E-state index in [1.807, 2.05) is 31.3 Å². The molecule has 1 nitrogen and oxygen atoms in total. The number of halogens is 1. The zero-order valence-corrected chi connectivity index (χ0v) is 10.7. The van der Waals surface area contributed by atoms with Crippen molar-refractivity contribution >= 4 is 23.5 Å². The van der Waals surface area contributed by atoms with Gasteiger partial charge in [-0.25, -0.2) is 0 Å². The third-order valence-corrected chi connectivity index (χ3v) is 2.84. The first-order valence-electron chi connectivity index (χ1n) is 5.52. The van der Waals surface area contributed by atoms with Crippen molar-refractivity contribution in [1.29, 1.82) is 0 Å². The summed E-state index contributed by atoms with van der Waals surface area (Å²) in [6, 6.07) is 14.0. The van der Waals surface area contributed by atoms with Gasteiger partial charge in [0.05, 0.1) is 5.69 Å². The van der Waals surface area contributed by atoms with Crippen molar-refractivity contribution in [3.63, 3.8) is 0 Å². The van der Waals surface area contributed by atoms with Crippen LogP contribution in [0.3, 0.4) is 0 Å². The molecular weight excluding hydrogens is 230 g/mol. The lowest BCUT2D eigenvalue weighted by Crippen LogP contribution is -1.81. The van der Waals surface area contributed by atoms with Gasteiger partial charge in [-0.3, -0.25) is 4.99 Å². The Morgan fingerprint density at radius 2 is 1.71 bits per heavy atom. The van der Waals surface area contributed by atoms with Crippen LogP contribution in [0.25, 0.3) is 0 Å². The Balaban J connectivity index is 2.25. The third kappa shape index (κ3) is 3.18. The molecule has 0 aliphatic carbocycles. The fourth-order valence-corrected chi connectivity index (χ4v) is 1.68. The zero-order chi connectivity index (χ0) is 12.3. The van der Waals surface area contributed by atoms with Crippen LogP contribution in [0.15, 0.2) is 47.5 Å². The van der Waals surface area contributed by atoms with Gasteiger partial charge < -0.3 is 0 Å². The number of aliphatic imine (C=N–C) groups is 1. The maximum atomic E-state index is 5.95. The molecule has 0 saturated heterocycles. The summed E-state index contributed by atoms with van der Waals surface area (Å²) in [5, 5.41) is 0.714. The molecule has 86 valence electrons. The summed E-state index contributed by atoms with van der Waals surface area (Å²) in [7, 11) is 0. The molecule has 0 spiro atoms. The van der Waals surface area contributed by atoms with Crippen LogP contribution in [0.1, 0.15) is 16.7 Å². The summed E-state index contributed by atoms with van der Waals surface area (Å²) in [4.78, 5) is 4.46. The van der Waals surface area contributed by atoms with E-state index in [4.69, 9.17) is 11.6 Å². The number of benzene rings is 2. The monoisotopic (exact) mass is 243 g/mol. The molecule has 2 heteroatoms. The first-order chi connectivity index (χ1) is 8.15. The van der Waals surface area contributed by atoms with Gasteiger partial charge in [-0.15, -0.1) is 0 Å². The van der Waals surface area contributed by atoms with E-state index in [9.17, 15) is 0 Å². The molecule has 0 amide bonds. The highest BCUT2D eigenvalue weighted by atomic mass is 35.5. The molecule has 2 rings (SSSR count). The van der Waals surface area contributed by atoms with E-state index in [2.05, 4.69) is 36.2 Å². The van der Waals surface area contributed by atoms with Gasteiger partial charge in [0.1, 0.15) is 0 Å². The molecule has 0 aliphatic heterocycles.